The number of H-pyrrole nitrogens is 1. The summed E-state index contributed by atoms with van der Waals surface area (Å²) in [7, 11) is 1.75. The van der Waals surface area contributed by atoms with E-state index in [0.717, 1.165) is 5.69 Å². The third kappa shape index (κ3) is 0.788. The van der Waals surface area contributed by atoms with Crippen molar-refractivity contribution in [1.29, 1.82) is 0 Å². The fourth-order valence-electron chi connectivity index (χ4n) is 0.437. The Kier molecular flexibility index (Phi) is 1.17. The summed E-state index contributed by atoms with van der Waals surface area (Å²) < 4.78 is 0. The Hall–Kier alpha value is -1.03. The predicted octanol–water partition coefficient (Wildman–Crippen LogP) is -0.280. The van der Waals surface area contributed by atoms with E-state index in [2.05, 4.69) is 10.2 Å². The van der Waals surface area contributed by atoms with Gasteiger partial charge in [0.15, 0.2) is 0 Å². The molecular weight excluding hydrogens is 104 g/mol. The van der Waals surface area contributed by atoms with E-state index >= 15 is 0 Å². The lowest BCUT2D eigenvalue weighted by Crippen LogP contribution is -2.24. The average Bonchev–Trinajstić information content (AvgIpc) is 2.12. The van der Waals surface area contributed by atoms with Crippen LogP contribution in [0.2, 0.25) is 0 Å². The van der Waals surface area contributed by atoms with Gasteiger partial charge in [-0.05, 0) is 0 Å². The van der Waals surface area contributed by atoms with E-state index in [4.69, 9.17) is 5.84 Å². The number of aromatic amines is 1. The Morgan fingerprint density at radius 1 is 1.88 bits per heavy atom. The zero-order chi connectivity index (χ0) is 5.98. The van der Waals surface area contributed by atoms with Crippen LogP contribution in [0.1, 0.15) is 0 Å². The van der Waals surface area contributed by atoms with Gasteiger partial charge in [0.25, 0.3) is 0 Å². The van der Waals surface area contributed by atoms with Crippen molar-refractivity contribution in [3.05, 3.63) is 12.4 Å². The number of anilines is 1. The van der Waals surface area contributed by atoms with Gasteiger partial charge in [-0.1, -0.05) is 0 Å². The molecule has 1 rings (SSSR count). The third-order valence-electron chi connectivity index (χ3n) is 0.891. The Morgan fingerprint density at radius 3 is 2.88 bits per heavy atom. The van der Waals surface area contributed by atoms with Crippen molar-refractivity contribution in [2.75, 3.05) is 12.1 Å². The molecule has 0 radical (unpaired) electrons. The molecule has 8 heavy (non-hydrogen) atoms. The first-order valence-corrected chi connectivity index (χ1v) is 2.28. The lowest BCUT2D eigenvalue weighted by atomic mass is 10.6. The van der Waals surface area contributed by atoms with Crippen molar-refractivity contribution < 1.29 is 0 Å². The summed E-state index contributed by atoms with van der Waals surface area (Å²) in [6.07, 6.45) is 3.38. The van der Waals surface area contributed by atoms with Crippen LogP contribution in [0.25, 0.3) is 0 Å². The number of rotatable bonds is 1. The molecular formula is C4H8N4. The van der Waals surface area contributed by atoms with E-state index in [0.29, 0.717) is 0 Å². The highest BCUT2D eigenvalue weighted by Gasteiger charge is 1.91. The summed E-state index contributed by atoms with van der Waals surface area (Å²) >= 11 is 0. The van der Waals surface area contributed by atoms with E-state index in [9.17, 15) is 0 Å². The Balaban J connectivity index is 2.77. The number of nitrogens with zero attached hydrogens (tertiary/aromatic N) is 2. The van der Waals surface area contributed by atoms with Crippen molar-refractivity contribution in [1.82, 2.24) is 10.2 Å². The first kappa shape index (κ1) is 5.11. The average molecular weight is 112 g/mol. The summed E-state index contributed by atoms with van der Waals surface area (Å²) in [5.41, 5.74) is 0.880. The second-order valence-electron chi connectivity index (χ2n) is 1.57. The van der Waals surface area contributed by atoms with Gasteiger partial charge in [-0.3, -0.25) is 5.10 Å². The summed E-state index contributed by atoms with van der Waals surface area (Å²) in [5.74, 6) is 5.33. The van der Waals surface area contributed by atoms with Crippen molar-refractivity contribution in [3.8, 4) is 0 Å². The molecule has 1 aromatic heterocycles. The molecule has 4 heteroatoms. The van der Waals surface area contributed by atoms with Crippen LogP contribution in [-0.2, 0) is 0 Å². The molecule has 0 fully saturated rings. The van der Waals surface area contributed by atoms with Gasteiger partial charge in [-0.2, -0.15) is 5.10 Å². The molecule has 44 valence electrons. The minimum Gasteiger partial charge on any atom is -0.311 e. The van der Waals surface area contributed by atoms with Gasteiger partial charge >= 0.3 is 0 Å². The minimum absolute atomic E-state index is 0.880. The Bertz CT molecular complexity index is 143. The van der Waals surface area contributed by atoms with E-state index < -0.39 is 0 Å². The smallest absolute Gasteiger partial charge is 0.0892 e. The van der Waals surface area contributed by atoms with Crippen molar-refractivity contribution >= 4 is 5.69 Å². The van der Waals surface area contributed by atoms with Gasteiger partial charge in [0, 0.05) is 13.2 Å². The van der Waals surface area contributed by atoms with Gasteiger partial charge in [-0.25, -0.2) is 5.84 Å². The van der Waals surface area contributed by atoms with Crippen LogP contribution >= 0.6 is 0 Å². The molecule has 0 bridgehead atoms. The normalized spacial score (nSPS) is 9.25. The number of nitrogens with one attached hydrogen (secondary N) is 1. The molecule has 0 aliphatic rings. The van der Waals surface area contributed by atoms with Crippen molar-refractivity contribution in [2.45, 2.75) is 0 Å². The highest BCUT2D eigenvalue weighted by molar-refractivity contribution is 5.38. The number of hydrogen-bond donors (Lipinski definition) is 2. The van der Waals surface area contributed by atoms with Crippen LogP contribution in [0.3, 0.4) is 0 Å². The second-order valence-corrected chi connectivity index (χ2v) is 1.57. The summed E-state index contributed by atoms with van der Waals surface area (Å²) in [6.45, 7) is 0. The first-order chi connectivity index (χ1) is 3.80. The predicted molar refractivity (Wildman–Crippen MR) is 31.2 cm³/mol. The first-order valence-electron chi connectivity index (χ1n) is 2.28. The molecule has 0 saturated heterocycles. The van der Waals surface area contributed by atoms with Gasteiger partial charge in [0.05, 0.1) is 11.9 Å². The molecule has 1 heterocycles. The molecule has 0 aliphatic carbocycles. The lowest BCUT2D eigenvalue weighted by Gasteiger charge is -2.05. The third-order valence-corrected chi connectivity index (χ3v) is 0.891. The molecule has 0 saturated carbocycles. The van der Waals surface area contributed by atoms with Crippen LogP contribution in [0, 0.1) is 0 Å². The maximum absolute atomic E-state index is 5.33. The minimum atomic E-state index is 0.880. The number of hydrazine groups is 1. The standard InChI is InChI=1S/C4H8N4/c1-8(5)4-2-6-7-3-4/h2-3H,5H2,1H3,(H,6,7). The zero-order valence-electron chi connectivity index (χ0n) is 4.63. The summed E-state index contributed by atoms with van der Waals surface area (Å²) in [4.78, 5) is 0. The number of hydrogen-bond acceptors (Lipinski definition) is 3. The largest absolute Gasteiger partial charge is 0.311 e. The molecule has 0 atom stereocenters. The maximum atomic E-state index is 5.33. The molecule has 0 aliphatic heterocycles. The fraction of sp³-hybridized carbons (Fsp3) is 0.250. The molecule has 1 aromatic rings. The monoisotopic (exact) mass is 112 g/mol. The summed E-state index contributed by atoms with van der Waals surface area (Å²) in [5, 5.41) is 7.83. The number of aromatic nitrogens is 2. The Morgan fingerprint density at radius 2 is 2.62 bits per heavy atom. The molecule has 0 spiro atoms. The molecule has 0 aromatic carbocycles. The van der Waals surface area contributed by atoms with Crippen LogP contribution in [-0.4, -0.2) is 17.2 Å². The zero-order valence-corrected chi connectivity index (χ0v) is 4.63. The molecule has 3 N–H and O–H groups in total. The van der Waals surface area contributed by atoms with Gasteiger partial charge in [0.1, 0.15) is 0 Å². The highest BCUT2D eigenvalue weighted by Crippen LogP contribution is 2.01. The molecule has 0 amide bonds. The van der Waals surface area contributed by atoms with Gasteiger partial charge < -0.3 is 5.01 Å². The van der Waals surface area contributed by atoms with E-state index in [-0.39, 0.29) is 0 Å². The van der Waals surface area contributed by atoms with Crippen LogP contribution in [0.15, 0.2) is 12.4 Å². The van der Waals surface area contributed by atoms with E-state index in [1.807, 2.05) is 0 Å². The highest BCUT2D eigenvalue weighted by atomic mass is 15.4. The second kappa shape index (κ2) is 1.83. The van der Waals surface area contributed by atoms with E-state index in [1.165, 1.54) is 5.01 Å². The SMILES string of the molecule is CN(N)c1cn[nH]c1. The van der Waals surface area contributed by atoms with Crippen LogP contribution < -0.4 is 10.9 Å². The Labute approximate surface area is 47.3 Å². The molecule has 0 unspecified atom stereocenters. The van der Waals surface area contributed by atoms with E-state index in [1.54, 1.807) is 19.4 Å². The summed E-state index contributed by atoms with van der Waals surface area (Å²) in [6, 6.07) is 0. The fourth-order valence-corrected chi connectivity index (χ4v) is 0.437. The lowest BCUT2D eigenvalue weighted by molar-refractivity contribution is 1.02. The number of nitrogens with two attached hydrogens (primary N) is 1. The maximum Gasteiger partial charge on any atom is 0.0892 e. The van der Waals surface area contributed by atoms with Gasteiger partial charge in [0.2, 0.25) is 0 Å². The van der Waals surface area contributed by atoms with Crippen molar-refractivity contribution in [2.24, 2.45) is 5.84 Å². The van der Waals surface area contributed by atoms with Gasteiger partial charge in [-0.15, -0.1) is 0 Å². The topological polar surface area (TPSA) is 57.9 Å². The van der Waals surface area contributed by atoms with Crippen LogP contribution in [0.4, 0.5) is 5.69 Å². The quantitative estimate of drug-likeness (QED) is 0.388. The molecule has 4 nitrogen and oxygen atoms in total. The van der Waals surface area contributed by atoms with Crippen LogP contribution in [0.5, 0.6) is 0 Å². The van der Waals surface area contributed by atoms with Crippen molar-refractivity contribution in [3.63, 3.8) is 0 Å².